The summed E-state index contributed by atoms with van der Waals surface area (Å²) in [6.45, 7) is 0. The van der Waals surface area contributed by atoms with Gasteiger partial charge in [0.25, 0.3) is 0 Å². The molecule has 0 amide bonds. The van der Waals surface area contributed by atoms with Gasteiger partial charge in [-0.15, -0.1) is 0 Å². The maximum atomic E-state index is 4.54. The quantitative estimate of drug-likeness (QED) is 0.293. The van der Waals surface area contributed by atoms with Crippen molar-refractivity contribution in [3.05, 3.63) is 17.5 Å². The summed E-state index contributed by atoms with van der Waals surface area (Å²) in [5, 5.41) is 1.75. The number of halogens is 9. The fraction of sp³-hybridized carbons (Fsp3) is 0.667. The average Bonchev–Trinajstić information content (AvgIpc) is 2.46. The van der Waals surface area contributed by atoms with Crippen LogP contribution < -0.4 is 0 Å². The minimum atomic E-state index is -0.586. The first-order chi connectivity index (χ1) is 9.50. The minimum Gasteiger partial charge on any atom is -0.213 e. The van der Waals surface area contributed by atoms with Crippen LogP contribution in [0.25, 0.3) is 0 Å². The molecule has 0 spiro atoms. The van der Waals surface area contributed by atoms with Crippen LogP contribution in [0.4, 0.5) is 0 Å². The van der Waals surface area contributed by atoms with Gasteiger partial charge in [-0.1, -0.05) is 143 Å². The second-order valence-corrected chi connectivity index (χ2v) is 16.8. The van der Waals surface area contributed by atoms with E-state index in [1.54, 1.807) is 0 Å². The maximum absolute atomic E-state index is 4.54. The zero-order valence-corrected chi connectivity index (χ0v) is 24.1. The van der Waals surface area contributed by atoms with Crippen LogP contribution in [0.5, 0.6) is 0 Å². The number of aromatic nitrogens is 3. The summed E-state index contributed by atoms with van der Waals surface area (Å²) < 4.78 is -1.76. The fourth-order valence-corrected chi connectivity index (χ4v) is 2.86. The third kappa shape index (κ3) is 5.92. The van der Waals surface area contributed by atoms with Crippen LogP contribution in [0.2, 0.25) is 0 Å². The first kappa shape index (κ1) is 22.4. The van der Waals surface area contributed by atoms with Crippen molar-refractivity contribution >= 4 is 143 Å². The van der Waals surface area contributed by atoms with E-state index in [1.165, 1.54) is 0 Å². The predicted molar refractivity (Wildman–Crippen MR) is 120 cm³/mol. The highest BCUT2D eigenvalue weighted by atomic mass is 79.9. The Labute approximate surface area is 198 Å². The molecule has 0 saturated carbocycles. The molecule has 1 aromatic rings. The van der Waals surface area contributed by atoms with Gasteiger partial charge >= 0.3 is 0 Å². The van der Waals surface area contributed by atoms with E-state index < -0.39 is 9.70 Å². The van der Waals surface area contributed by atoms with Gasteiger partial charge in [0.2, 0.25) is 0 Å². The Balaban J connectivity index is 3.55. The van der Waals surface area contributed by atoms with E-state index in [0.717, 1.165) is 0 Å². The Morgan fingerprint density at radius 1 is 0.524 bits per heavy atom. The summed E-state index contributed by atoms with van der Waals surface area (Å²) >= 11 is 31.7. The first-order valence-electron chi connectivity index (χ1n) is 5.09. The monoisotopic (exact) mass is 866 g/mol. The third-order valence-electron chi connectivity index (χ3n) is 2.12. The number of nitrogens with zero attached hydrogens (tertiary/aromatic N) is 3. The van der Waals surface area contributed by atoms with Crippen LogP contribution >= 0.6 is 143 Å². The van der Waals surface area contributed by atoms with Crippen LogP contribution in [0.15, 0.2) is 0 Å². The molecule has 0 fully saturated rings. The second-order valence-electron chi connectivity index (χ2n) is 3.82. The van der Waals surface area contributed by atoms with Gasteiger partial charge in [-0.05, 0) is 0 Å². The Bertz CT molecular complexity index is 421. The van der Waals surface area contributed by atoms with Crippen molar-refractivity contribution in [3.63, 3.8) is 0 Å². The Morgan fingerprint density at radius 3 is 0.857 bits per heavy atom. The van der Waals surface area contributed by atoms with Crippen LogP contribution in [0, 0.1) is 0 Å². The van der Waals surface area contributed by atoms with Crippen LogP contribution in [0.3, 0.4) is 0 Å². The molecule has 1 heterocycles. The zero-order valence-electron chi connectivity index (χ0n) is 9.86. The van der Waals surface area contributed by atoms with Crippen molar-refractivity contribution in [1.29, 1.82) is 0 Å². The van der Waals surface area contributed by atoms with Gasteiger partial charge in [-0.2, -0.15) is 0 Å². The van der Waals surface area contributed by atoms with Crippen molar-refractivity contribution < 1.29 is 0 Å². The first-order valence-corrected chi connectivity index (χ1v) is 13.2. The number of alkyl halides is 9. The average molecular weight is 875 g/mol. The molecule has 0 saturated heterocycles. The molecule has 0 unspecified atom stereocenters. The molecule has 0 aliphatic heterocycles. The summed E-state index contributed by atoms with van der Waals surface area (Å²) in [4.78, 5) is 13.6. The van der Waals surface area contributed by atoms with Gasteiger partial charge in [0.15, 0.2) is 17.5 Å². The highest BCUT2D eigenvalue weighted by Gasteiger charge is 2.37. The highest BCUT2D eigenvalue weighted by Crippen LogP contribution is 2.44. The zero-order chi connectivity index (χ0) is 16.5. The summed E-state index contributed by atoms with van der Waals surface area (Å²) in [7, 11) is 0. The molecule has 0 radical (unpaired) electrons. The van der Waals surface area contributed by atoms with Crippen LogP contribution in [-0.4, -0.2) is 30.9 Å². The minimum absolute atomic E-state index is 0.563. The standard InChI is InChI=1S/C9H6Br9N3/c10-1-7(13,14)4-19-5(8(15,16)2-11)21-6(20-4)9(17,18)3-12/h1-3H2. The fourth-order valence-electron chi connectivity index (χ4n) is 1.05. The summed E-state index contributed by atoms with van der Waals surface area (Å²) in [5.74, 6) is 1.69. The molecule has 3 nitrogen and oxygen atoms in total. The van der Waals surface area contributed by atoms with Crippen molar-refractivity contribution in [2.75, 3.05) is 16.0 Å². The molecular weight excluding hydrogens is 869 g/mol. The summed E-state index contributed by atoms with van der Waals surface area (Å²) in [5.41, 5.74) is 0. The molecule has 0 aliphatic rings. The molecule has 0 aliphatic carbocycles. The van der Waals surface area contributed by atoms with E-state index >= 15 is 0 Å². The topological polar surface area (TPSA) is 38.7 Å². The van der Waals surface area contributed by atoms with Crippen molar-refractivity contribution in [2.45, 2.75) is 9.70 Å². The molecule has 120 valence electrons. The maximum Gasteiger partial charge on any atom is 0.161 e. The van der Waals surface area contributed by atoms with E-state index in [1.807, 2.05) is 0 Å². The number of hydrogen-bond acceptors (Lipinski definition) is 3. The van der Waals surface area contributed by atoms with Gasteiger partial charge in [-0.3, -0.25) is 0 Å². The lowest BCUT2D eigenvalue weighted by Crippen LogP contribution is -2.27. The van der Waals surface area contributed by atoms with Gasteiger partial charge in [-0.25, -0.2) is 15.0 Å². The third-order valence-corrected chi connectivity index (χ3v) is 13.0. The molecule has 0 atom stereocenters. The Morgan fingerprint density at radius 2 is 0.714 bits per heavy atom. The smallest absolute Gasteiger partial charge is 0.161 e. The second kappa shape index (κ2) is 8.81. The van der Waals surface area contributed by atoms with Gasteiger partial charge in [0.05, 0.1) is 0 Å². The van der Waals surface area contributed by atoms with Crippen molar-refractivity contribution in [1.82, 2.24) is 15.0 Å². The summed E-state index contributed by atoms with van der Waals surface area (Å²) in [6, 6.07) is 0. The SMILES string of the molecule is BrCC(Br)(Br)c1nc(C(Br)(Br)CBr)nc(C(Br)(Br)CBr)n1. The Hall–Kier alpha value is 3.33. The van der Waals surface area contributed by atoms with E-state index in [-0.39, 0.29) is 0 Å². The number of rotatable bonds is 6. The predicted octanol–water partition coefficient (Wildman–Crippen LogP) is 6.88. The highest BCUT2D eigenvalue weighted by molar-refractivity contribution is 9.26. The Kier molecular flexibility index (Phi) is 9.39. The molecule has 1 aromatic heterocycles. The van der Waals surface area contributed by atoms with Crippen LogP contribution in [0.1, 0.15) is 17.5 Å². The molecule has 12 heteroatoms. The van der Waals surface area contributed by atoms with Crippen molar-refractivity contribution in [2.24, 2.45) is 0 Å². The molecule has 1 rings (SSSR count). The van der Waals surface area contributed by atoms with Gasteiger partial charge in [0.1, 0.15) is 9.70 Å². The summed E-state index contributed by atoms with van der Waals surface area (Å²) in [6.07, 6.45) is 0. The normalized spacial score (nSPS) is 13.6. The lowest BCUT2D eigenvalue weighted by Gasteiger charge is -2.24. The van der Waals surface area contributed by atoms with Gasteiger partial charge < -0.3 is 0 Å². The van der Waals surface area contributed by atoms with Gasteiger partial charge in [0, 0.05) is 16.0 Å². The molecule has 0 aromatic carbocycles. The lowest BCUT2D eigenvalue weighted by molar-refractivity contribution is 0.743. The van der Waals surface area contributed by atoms with E-state index in [0.29, 0.717) is 33.5 Å². The van der Waals surface area contributed by atoms with Crippen molar-refractivity contribution in [3.8, 4) is 0 Å². The van der Waals surface area contributed by atoms with E-state index in [2.05, 4.69) is 158 Å². The molecule has 0 N–H and O–H groups in total. The molecule has 21 heavy (non-hydrogen) atoms. The molecular formula is C9H6Br9N3. The number of hydrogen-bond donors (Lipinski definition) is 0. The van der Waals surface area contributed by atoms with E-state index in [9.17, 15) is 0 Å². The lowest BCUT2D eigenvalue weighted by atomic mass is 10.3. The van der Waals surface area contributed by atoms with E-state index in [4.69, 9.17) is 0 Å². The molecule has 0 bridgehead atoms. The largest absolute Gasteiger partial charge is 0.213 e. The van der Waals surface area contributed by atoms with Crippen LogP contribution in [-0.2, 0) is 9.70 Å².